The van der Waals surface area contributed by atoms with Gasteiger partial charge >= 0.3 is 5.97 Å². The summed E-state index contributed by atoms with van der Waals surface area (Å²) in [6.07, 6.45) is 3.51. The minimum absolute atomic E-state index is 0.184. The zero-order valence-electron chi connectivity index (χ0n) is 12.7. The number of amides is 1. The van der Waals surface area contributed by atoms with E-state index in [1.54, 1.807) is 11.4 Å². The van der Waals surface area contributed by atoms with Gasteiger partial charge in [-0.15, -0.1) is 0 Å². The summed E-state index contributed by atoms with van der Waals surface area (Å²) in [6, 6.07) is 9.05. The van der Waals surface area contributed by atoms with Crippen LogP contribution in [0.1, 0.15) is 46.7 Å². The van der Waals surface area contributed by atoms with Crippen molar-refractivity contribution in [2.45, 2.75) is 37.6 Å². The average molecular weight is 329 g/mol. The van der Waals surface area contributed by atoms with Crippen molar-refractivity contribution in [1.29, 1.82) is 0 Å². The quantitative estimate of drug-likeness (QED) is 0.883. The fourth-order valence-corrected chi connectivity index (χ4v) is 3.88. The Hall–Kier alpha value is -2.14. The number of aryl methyl sites for hydroxylation is 1. The van der Waals surface area contributed by atoms with Crippen molar-refractivity contribution in [2.24, 2.45) is 0 Å². The molecule has 2 N–H and O–H groups in total. The van der Waals surface area contributed by atoms with Crippen LogP contribution in [0.15, 0.2) is 41.1 Å². The normalized spacial score (nSPS) is 18.0. The Morgan fingerprint density at radius 3 is 2.87 bits per heavy atom. The van der Waals surface area contributed by atoms with Gasteiger partial charge in [0, 0.05) is 5.38 Å². The molecule has 1 aromatic heterocycles. The highest BCUT2D eigenvalue weighted by molar-refractivity contribution is 7.08. The zero-order valence-corrected chi connectivity index (χ0v) is 13.5. The number of benzene rings is 1. The van der Waals surface area contributed by atoms with Gasteiger partial charge in [0.25, 0.3) is 5.91 Å². The fraction of sp³-hybridized carbons (Fsp3) is 0.333. The topological polar surface area (TPSA) is 66.4 Å². The molecule has 0 saturated heterocycles. The average Bonchev–Trinajstić information content (AvgIpc) is 3.09. The van der Waals surface area contributed by atoms with Crippen LogP contribution in [0, 0.1) is 0 Å². The highest BCUT2D eigenvalue weighted by Gasteiger charge is 2.28. The number of carboxylic acid groups (broad SMARTS) is 1. The van der Waals surface area contributed by atoms with E-state index in [-0.39, 0.29) is 11.8 Å². The molecule has 23 heavy (non-hydrogen) atoms. The molecule has 1 aromatic carbocycles. The SMILES string of the molecule is O=C(NC(CC1CCCc2ccccc21)C(=O)O)c1ccsc1. The molecule has 4 nitrogen and oxygen atoms in total. The van der Waals surface area contributed by atoms with Crippen LogP contribution in [0.3, 0.4) is 0 Å². The third-order valence-electron chi connectivity index (χ3n) is 4.40. The predicted octanol–water partition coefficient (Wildman–Crippen LogP) is 3.44. The largest absolute Gasteiger partial charge is 0.480 e. The van der Waals surface area contributed by atoms with E-state index in [1.807, 2.05) is 17.5 Å². The van der Waals surface area contributed by atoms with Crippen LogP contribution in [0.5, 0.6) is 0 Å². The van der Waals surface area contributed by atoms with E-state index in [0.717, 1.165) is 19.3 Å². The summed E-state index contributed by atoms with van der Waals surface area (Å²) in [5, 5.41) is 15.7. The Balaban J connectivity index is 1.73. The Morgan fingerprint density at radius 2 is 2.13 bits per heavy atom. The zero-order chi connectivity index (χ0) is 16.2. The first-order valence-corrected chi connectivity index (χ1v) is 8.73. The van der Waals surface area contributed by atoms with E-state index in [1.165, 1.54) is 22.5 Å². The van der Waals surface area contributed by atoms with Gasteiger partial charge in [0.05, 0.1) is 5.56 Å². The molecule has 0 bridgehead atoms. The van der Waals surface area contributed by atoms with Crippen LogP contribution in [-0.2, 0) is 11.2 Å². The molecule has 120 valence electrons. The minimum atomic E-state index is -0.975. The molecule has 1 aliphatic carbocycles. The molecular weight excluding hydrogens is 310 g/mol. The lowest BCUT2D eigenvalue weighted by atomic mass is 9.79. The molecule has 1 heterocycles. The van der Waals surface area contributed by atoms with Crippen LogP contribution < -0.4 is 5.32 Å². The standard InChI is InChI=1S/C18H19NO3S/c20-17(14-8-9-23-11-14)19-16(18(21)22)10-13-6-3-5-12-4-1-2-7-15(12)13/h1-2,4,7-9,11,13,16H,3,5-6,10H2,(H,19,20)(H,21,22). The Morgan fingerprint density at radius 1 is 1.30 bits per heavy atom. The molecular formula is C18H19NO3S. The maximum absolute atomic E-state index is 12.1. The van der Waals surface area contributed by atoms with Gasteiger partial charge in [-0.05, 0) is 54.2 Å². The summed E-state index contributed by atoms with van der Waals surface area (Å²) in [6.45, 7) is 0. The molecule has 0 radical (unpaired) electrons. The summed E-state index contributed by atoms with van der Waals surface area (Å²) in [7, 11) is 0. The van der Waals surface area contributed by atoms with Gasteiger partial charge in [0.2, 0.25) is 0 Å². The number of hydrogen-bond donors (Lipinski definition) is 2. The van der Waals surface area contributed by atoms with Crippen LogP contribution in [0.2, 0.25) is 0 Å². The lowest BCUT2D eigenvalue weighted by molar-refractivity contribution is -0.139. The van der Waals surface area contributed by atoms with Gasteiger partial charge in [-0.25, -0.2) is 4.79 Å². The molecule has 0 spiro atoms. The molecule has 3 rings (SSSR count). The van der Waals surface area contributed by atoms with Crippen LogP contribution in [0.4, 0.5) is 0 Å². The molecule has 1 amide bonds. The molecule has 5 heteroatoms. The van der Waals surface area contributed by atoms with E-state index in [4.69, 9.17) is 0 Å². The molecule has 0 saturated carbocycles. The van der Waals surface area contributed by atoms with E-state index >= 15 is 0 Å². The van der Waals surface area contributed by atoms with Crippen LogP contribution in [0.25, 0.3) is 0 Å². The third kappa shape index (κ3) is 3.62. The number of rotatable bonds is 5. The summed E-state index contributed by atoms with van der Waals surface area (Å²) in [5.74, 6) is -1.11. The highest BCUT2D eigenvalue weighted by atomic mass is 32.1. The highest BCUT2D eigenvalue weighted by Crippen LogP contribution is 2.34. The second-order valence-electron chi connectivity index (χ2n) is 5.90. The number of aliphatic carboxylic acids is 1. The maximum Gasteiger partial charge on any atom is 0.326 e. The van der Waals surface area contributed by atoms with E-state index in [2.05, 4.69) is 17.4 Å². The molecule has 2 aromatic rings. The van der Waals surface area contributed by atoms with Crippen molar-refractivity contribution in [3.63, 3.8) is 0 Å². The summed E-state index contributed by atoms with van der Waals surface area (Å²) < 4.78 is 0. The van der Waals surface area contributed by atoms with E-state index in [0.29, 0.717) is 12.0 Å². The van der Waals surface area contributed by atoms with Crippen molar-refractivity contribution in [3.8, 4) is 0 Å². The molecule has 2 atom stereocenters. The van der Waals surface area contributed by atoms with Gasteiger partial charge in [0.1, 0.15) is 6.04 Å². The number of hydrogen-bond acceptors (Lipinski definition) is 3. The lowest BCUT2D eigenvalue weighted by Crippen LogP contribution is -2.42. The van der Waals surface area contributed by atoms with Gasteiger partial charge in [-0.2, -0.15) is 11.3 Å². The number of carbonyl (C=O) groups is 2. The first-order chi connectivity index (χ1) is 11.1. The fourth-order valence-electron chi connectivity index (χ4n) is 3.24. The summed E-state index contributed by atoms with van der Waals surface area (Å²) in [4.78, 5) is 23.7. The Bertz CT molecular complexity index is 696. The predicted molar refractivity (Wildman–Crippen MR) is 89.9 cm³/mol. The molecule has 1 aliphatic rings. The van der Waals surface area contributed by atoms with E-state index < -0.39 is 12.0 Å². The monoisotopic (exact) mass is 329 g/mol. The third-order valence-corrected chi connectivity index (χ3v) is 5.08. The number of carbonyl (C=O) groups excluding carboxylic acids is 1. The molecule has 0 fully saturated rings. The number of fused-ring (bicyclic) bond motifs is 1. The van der Waals surface area contributed by atoms with Crippen LogP contribution in [-0.4, -0.2) is 23.0 Å². The smallest absolute Gasteiger partial charge is 0.326 e. The maximum atomic E-state index is 12.1. The lowest BCUT2D eigenvalue weighted by Gasteiger charge is -2.28. The molecule has 0 aliphatic heterocycles. The van der Waals surface area contributed by atoms with Crippen molar-refractivity contribution in [2.75, 3.05) is 0 Å². The second kappa shape index (κ2) is 6.96. The summed E-state index contributed by atoms with van der Waals surface area (Å²) in [5.41, 5.74) is 3.05. The van der Waals surface area contributed by atoms with Crippen molar-refractivity contribution in [1.82, 2.24) is 5.32 Å². The second-order valence-corrected chi connectivity index (χ2v) is 6.68. The van der Waals surface area contributed by atoms with Crippen LogP contribution >= 0.6 is 11.3 Å². The van der Waals surface area contributed by atoms with Crippen molar-refractivity contribution < 1.29 is 14.7 Å². The van der Waals surface area contributed by atoms with Crippen molar-refractivity contribution >= 4 is 23.2 Å². The van der Waals surface area contributed by atoms with Crippen molar-refractivity contribution in [3.05, 3.63) is 57.8 Å². The van der Waals surface area contributed by atoms with E-state index in [9.17, 15) is 14.7 Å². The first-order valence-electron chi connectivity index (χ1n) is 7.79. The minimum Gasteiger partial charge on any atom is -0.480 e. The Kier molecular flexibility index (Phi) is 4.76. The Labute approximate surface area is 139 Å². The number of thiophene rings is 1. The molecule has 2 unspecified atom stereocenters. The van der Waals surface area contributed by atoms with Gasteiger partial charge in [-0.1, -0.05) is 24.3 Å². The van der Waals surface area contributed by atoms with Gasteiger partial charge in [0.15, 0.2) is 0 Å². The first kappa shape index (κ1) is 15.7. The van der Waals surface area contributed by atoms with Gasteiger partial charge < -0.3 is 10.4 Å². The van der Waals surface area contributed by atoms with Gasteiger partial charge in [-0.3, -0.25) is 4.79 Å². The number of carboxylic acids is 1. The number of nitrogens with one attached hydrogen (secondary N) is 1. The summed E-state index contributed by atoms with van der Waals surface area (Å²) >= 11 is 1.42.